The van der Waals surface area contributed by atoms with E-state index in [4.69, 9.17) is 9.47 Å². The smallest absolute Gasteiger partial charge is 0.221 e. The number of hydrogen-bond donors (Lipinski definition) is 2. The van der Waals surface area contributed by atoms with E-state index < -0.39 is 0 Å². The number of methoxy groups -OCH3 is 1. The molecular formula is C13H26N2O3S. The van der Waals surface area contributed by atoms with Gasteiger partial charge in [-0.05, 0) is 12.8 Å². The third-order valence-electron chi connectivity index (χ3n) is 2.90. The molecular weight excluding hydrogens is 264 g/mol. The van der Waals surface area contributed by atoms with Crippen LogP contribution in [0.4, 0.5) is 0 Å². The van der Waals surface area contributed by atoms with E-state index in [9.17, 15) is 4.79 Å². The average Bonchev–Trinajstić information content (AvgIpc) is 2.43. The second kappa shape index (κ2) is 11.5. The van der Waals surface area contributed by atoms with Crippen LogP contribution in [0, 0.1) is 0 Å². The third kappa shape index (κ3) is 9.27. The van der Waals surface area contributed by atoms with E-state index >= 15 is 0 Å². The van der Waals surface area contributed by atoms with Crippen molar-refractivity contribution < 1.29 is 14.3 Å². The molecule has 1 heterocycles. The Morgan fingerprint density at radius 1 is 1.37 bits per heavy atom. The van der Waals surface area contributed by atoms with E-state index in [1.807, 2.05) is 11.8 Å². The van der Waals surface area contributed by atoms with Crippen LogP contribution >= 0.6 is 11.8 Å². The van der Waals surface area contributed by atoms with Crippen molar-refractivity contribution in [2.45, 2.75) is 25.3 Å². The first-order chi connectivity index (χ1) is 9.33. The van der Waals surface area contributed by atoms with Crippen LogP contribution in [0.5, 0.6) is 0 Å². The molecule has 0 aromatic rings. The molecule has 1 amide bonds. The molecule has 112 valence electrons. The quantitative estimate of drug-likeness (QED) is 0.578. The number of thioether (sulfide) groups is 1. The molecule has 6 heteroatoms. The summed E-state index contributed by atoms with van der Waals surface area (Å²) in [7, 11) is 1.67. The number of ether oxygens (including phenoxy) is 2. The summed E-state index contributed by atoms with van der Waals surface area (Å²) >= 11 is 1.92. The van der Waals surface area contributed by atoms with Crippen LogP contribution in [-0.4, -0.2) is 63.5 Å². The fourth-order valence-corrected chi connectivity index (χ4v) is 2.80. The average molecular weight is 290 g/mol. The predicted molar refractivity (Wildman–Crippen MR) is 78.7 cm³/mol. The van der Waals surface area contributed by atoms with Crippen LogP contribution in [0.1, 0.15) is 19.3 Å². The maximum absolute atomic E-state index is 11.7. The number of nitrogens with one attached hydrogen (secondary N) is 2. The Kier molecular flexibility index (Phi) is 10.2. The lowest BCUT2D eigenvalue weighted by Gasteiger charge is -2.22. The van der Waals surface area contributed by atoms with Crippen LogP contribution in [-0.2, 0) is 14.3 Å². The van der Waals surface area contributed by atoms with Crippen LogP contribution in [0.15, 0.2) is 0 Å². The van der Waals surface area contributed by atoms with Gasteiger partial charge in [-0.15, -0.1) is 0 Å². The predicted octanol–water partition coefficient (Wildman–Crippen LogP) is 0.641. The first kappa shape index (κ1) is 16.8. The third-order valence-corrected chi connectivity index (χ3v) is 4.03. The highest BCUT2D eigenvalue weighted by atomic mass is 32.2. The van der Waals surface area contributed by atoms with Gasteiger partial charge in [0.15, 0.2) is 0 Å². The minimum absolute atomic E-state index is 0.153. The zero-order chi connectivity index (χ0) is 13.8. The van der Waals surface area contributed by atoms with Gasteiger partial charge in [-0.2, -0.15) is 11.8 Å². The maximum atomic E-state index is 11.7. The van der Waals surface area contributed by atoms with Crippen molar-refractivity contribution in [2.24, 2.45) is 0 Å². The summed E-state index contributed by atoms with van der Waals surface area (Å²) in [5.41, 5.74) is 0. The molecule has 1 saturated heterocycles. The molecule has 0 saturated carbocycles. The molecule has 1 aliphatic rings. The summed E-state index contributed by atoms with van der Waals surface area (Å²) in [5, 5.41) is 6.33. The zero-order valence-electron chi connectivity index (χ0n) is 11.8. The number of rotatable bonds is 10. The summed E-state index contributed by atoms with van der Waals surface area (Å²) in [6, 6.07) is 0.344. The summed E-state index contributed by atoms with van der Waals surface area (Å²) in [5.74, 6) is 2.35. The first-order valence-corrected chi connectivity index (χ1v) is 8.13. The second-order valence-electron chi connectivity index (χ2n) is 4.59. The molecule has 0 aromatic heterocycles. The Morgan fingerprint density at radius 3 is 3.00 bits per heavy atom. The molecule has 1 fully saturated rings. The minimum Gasteiger partial charge on any atom is -0.382 e. The van der Waals surface area contributed by atoms with Crippen LogP contribution < -0.4 is 10.6 Å². The summed E-state index contributed by atoms with van der Waals surface area (Å²) in [6.07, 6.45) is 2.53. The fraction of sp³-hybridized carbons (Fsp3) is 0.923. The topological polar surface area (TPSA) is 59.6 Å². The Bertz CT molecular complexity index is 236. The lowest BCUT2D eigenvalue weighted by molar-refractivity contribution is -0.121. The van der Waals surface area contributed by atoms with Crippen molar-refractivity contribution in [3.8, 4) is 0 Å². The number of unbranched alkanes of at least 4 members (excludes halogenated alkanes) is 1. The molecule has 1 aliphatic heterocycles. The van der Waals surface area contributed by atoms with Gasteiger partial charge >= 0.3 is 0 Å². The summed E-state index contributed by atoms with van der Waals surface area (Å²) < 4.78 is 10.2. The molecule has 0 radical (unpaired) electrons. The summed E-state index contributed by atoms with van der Waals surface area (Å²) in [4.78, 5) is 11.7. The van der Waals surface area contributed by atoms with Gasteiger partial charge in [0.1, 0.15) is 0 Å². The fourth-order valence-electron chi connectivity index (χ4n) is 1.85. The van der Waals surface area contributed by atoms with E-state index in [0.29, 0.717) is 25.7 Å². The number of carbonyl (C=O) groups excluding carboxylic acids is 1. The van der Waals surface area contributed by atoms with Crippen molar-refractivity contribution in [1.29, 1.82) is 0 Å². The van der Waals surface area contributed by atoms with E-state index in [2.05, 4.69) is 10.6 Å². The van der Waals surface area contributed by atoms with Gasteiger partial charge in [0.05, 0.1) is 13.2 Å². The Hall–Kier alpha value is -0.300. The van der Waals surface area contributed by atoms with Crippen molar-refractivity contribution in [2.75, 3.05) is 51.5 Å². The van der Waals surface area contributed by atoms with Gasteiger partial charge in [-0.25, -0.2) is 0 Å². The van der Waals surface area contributed by atoms with Gasteiger partial charge in [0.25, 0.3) is 0 Å². The van der Waals surface area contributed by atoms with Gasteiger partial charge in [-0.3, -0.25) is 4.79 Å². The van der Waals surface area contributed by atoms with E-state index in [-0.39, 0.29) is 5.91 Å². The molecule has 0 bridgehead atoms. The van der Waals surface area contributed by atoms with Crippen LogP contribution in [0.25, 0.3) is 0 Å². The van der Waals surface area contributed by atoms with E-state index in [1.165, 1.54) is 0 Å². The van der Waals surface area contributed by atoms with E-state index in [0.717, 1.165) is 44.0 Å². The Balaban J connectivity index is 1.87. The minimum atomic E-state index is 0.153. The molecule has 5 nitrogen and oxygen atoms in total. The van der Waals surface area contributed by atoms with E-state index in [1.54, 1.807) is 7.11 Å². The Labute approximate surface area is 120 Å². The largest absolute Gasteiger partial charge is 0.382 e. The summed E-state index contributed by atoms with van der Waals surface area (Å²) in [6.45, 7) is 3.78. The maximum Gasteiger partial charge on any atom is 0.221 e. The second-order valence-corrected chi connectivity index (χ2v) is 5.74. The SMILES string of the molecule is COCCOCCCCNC(=O)CC1CSCCN1. The number of hydrogen-bond acceptors (Lipinski definition) is 5. The Morgan fingerprint density at radius 2 is 2.26 bits per heavy atom. The number of amides is 1. The van der Waals surface area contributed by atoms with Crippen molar-refractivity contribution in [1.82, 2.24) is 10.6 Å². The lowest BCUT2D eigenvalue weighted by Crippen LogP contribution is -2.41. The van der Waals surface area contributed by atoms with Crippen molar-refractivity contribution in [3.63, 3.8) is 0 Å². The molecule has 0 aromatic carbocycles. The highest BCUT2D eigenvalue weighted by Gasteiger charge is 2.15. The molecule has 1 atom stereocenters. The molecule has 2 N–H and O–H groups in total. The molecule has 19 heavy (non-hydrogen) atoms. The monoisotopic (exact) mass is 290 g/mol. The number of carbonyl (C=O) groups is 1. The first-order valence-electron chi connectivity index (χ1n) is 6.97. The standard InChI is InChI=1S/C13H26N2O3S/c1-17-7-8-18-6-3-2-4-15-13(16)10-12-11-19-9-5-14-12/h12,14H,2-11H2,1H3,(H,15,16). The zero-order valence-corrected chi connectivity index (χ0v) is 12.6. The lowest BCUT2D eigenvalue weighted by atomic mass is 10.2. The molecule has 1 rings (SSSR count). The van der Waals surface area contributed by atoms with Crippen LogP contribution in [0.3, 0.4) is 0 Å². The van der Waals surface area contributed by atoms with Crippen molar-refractivity contribution >= 4 is 17.7 Å². The highest BCUT2D eigenvalue weighted by Crippen LogP contribution is 2.09. The van der Waals surface area contributed by atoms with Gasteiger partial charge in [0, 0.05) is 50.8 Å². The van der Waals surface area contributed by atoms with Gasteiger partial charge < -0.3 is 20.1 Å². The van der Waals surface area contributed by atoms with Gasteiger partial charge in [-0.1, -0.05) is 0 Å². The molecule has 0 aliphatic carbocycles. The van der Waals surface area contributed by atoms with Gasteiger partial charge in [0.2, 0.25) is 5.91 Å². The van der Waals surface area contributed by atoms with Crippen molar-refractivity contribution in [3.05, 3.63) is 0 Å². The van der Waals surface area contributed by atoms with Crippen LogP contribution in [0.2, 0.25) is 0 Å². The normalized spacial score (nSPS) is 19.3. The molecule has 1 unspecified atom stereocenters. The molecule has 0 spiro atoms. The highest BCUT2D eigenvalue weighted by molar-refractivity contribution is 7.99.